The number of carboxylic acids is 1. The number of pyridine rings is 1. The molecule has 172 valence electrons. The van der Waals surface area contributed by atoms with Crippen molar-refractivity contribution in [2.45, 2.75) is 38.0 Å². The van der Waals surface area contributed by atoms with Crippen molar-refractivity contribution in [2.75, 3.05) is 31.2 Å². The highest BCUT2D eigenvalue weighted by atomic mass is 32.1. The van der Waals surface area contributed by atoms with Gasteiger partial charge in [-0.2, -0.15) is 0 Å². The molecule has 1 aliphatic heterocycles. The summed E-state index contributed by atoms with van der Waals surface area (Å²) in [5.74, 6) is -0.607. The molecule has 3 aromatic heterocycles. The van der Waals surface area contributed by atoms with Crippen LogP contribution in [0.3, 0.4) is 0 Å². The number of thiazole rings is 1. The van der Waals surface area contributed by atoms with E-state index in [9.17, 15) is 9.59 Å². The molecule has 0 atom stereocenters. The molecule has 0 spiro atoms. The summed E-state index contributed by atoms with van der Waals surface area (Å²) in [5, 5.41) is 12.4. The van der Waals surface area contributed by atoms with E-state index in [1.165, 1.54) is 29.0 Å². The fraction of sp³-hybridized carbons (Fsp3) is 0.417. The van der Waals surface area contributed by atoms with Crippen molar-refractivity contribution >= 4 is 34.8 Å². The zero-order chi connectivity index (χ0) is 23.0. The number of ether oxygens (including phenoxy) is 1. The number of fused-ring (bicyclic) bond motifs is 1. The molecular formula is C24H26N4O4S. The van der Waals surface area contributed by atoms with Crippen LogP contribution in [0.25, 0.3) is 11.7 Å². The van der Waals surface area contributed by atoms with Gasteiger partial charge in [0.05, 0.1) is 29.5 Å². The molecule has 9 heteroatoms. The average molecular weight is 467 g/mol. The van der Waals surface area contributed by atoms with Crippen LogP contribution in [-0.4, -0.2) is 51.7 Å². The number of aryl methyl sites for hydroxylation is 2. The quantitative estimate of drug-likeness (QED) is 0.535. The fourth-order valence-corrected chi connectivity index (χ4v) is 5.01. The van der Waals surface area contributed by atoms with Crippen LogP contribution in [0, 0.1) is 0 Å². The standard InChI is InChI=1S/C24H26N4O4S/c1-24(7-8-24)18-15-33-20(25-18)4-2-16-6-9-28-19(14-16)26-22(27-10-12-32-13-11-27)17(23(28)31)3-5-21(29)30/h3,5-6,9,14-15H,2,4,7-8,10-13H2,1H3,(H,29,30)/b5-3+. The van der Waals surface area contributed by atoms with Gasteiger partial charge in [-0.25, -0.2) is 14.8 Å². The Morgan fingerprint density at radius 3 is 2.79 bits per heavy atom. The van der Waals surface area contributed by atoms with Crippen LogP contribution in [0.15, 0.2) is 34.6 Å². The maximum atomic E-state index is 13.2. The Labute approximate surface area is 195 Å². The lowest BCUT2D eigenvalue weighted by Gasteiger charge is -2.29. The van der Waals surface area contributed by atoms with E-state index in [0.717, 1.165) is 29.5 Å². The van der Waals surface area contributed by atoms with Crippen molar-refractivity contribution < 1.29 is 14.6 Å². The summed E-state index contributed by atoms with van der Waals surface area (Å²) >= 11 is 1.72. The summed E-state index contributed by atoms with van der Waals surface area (Å²) in [5.41, 5.74) is 3.12. The maximum Gasteiger partial charge on any atom is 0.328 e. The minimum atomic E-state index is -1.11. The first-order valence-electron chi connectivity index (χ1n) is 11.2. The Bertz CT molecular complexity index is 1290. The SMILES string of the molecule is CC1(c2csc(CCc3ccn4c(=O)c(/C=C/C(=O)O)c(N5CCOCC5)nc4c3)n2)CC1. The first kappa shape index (κ1) is 21.8. The summed E-state index contributed by atoms with van der Waals surface area (Å²) in [6.07, 6.45) is 8.13. The second-order valence-corrected chi connectivity index (χ2v) is 9.82. The number of aliphatic carboxylic acids is 1. The Balaban J connectivity index is 1.45. The third kappa shape index (κ3) is 4.56. The van der Waals surface area contributed by atoms with Crippen LogP contribution >= 0.6 is 11.3 Å². The lowest BCUT2D eigenvalue weighted by molar-refractivity contribution is -0.131. The van der Waals surface area contributed by atoms with Gasteiger partial charge in [-0.05, 0) is 43.0 Å². The summed E-state index contributed by atoms with van der Waals surface area (Å²) in [6, 6.07) is 3.86. The fourth-order valence-electron chi connectivity index (χ4n) is 4.05. The van der Waals surface area contributed by atoms with Crippen LogP contribution < -0.4 is 10.5 Å². The normalized spacial score (nSPS) is 17.7. The number of aromatic nitrogens is 3. The maximum absolute atomic E-state index is 13.2. The number of hydrogen-bond donors (Lipinski definition) is 1. The summed E-state index contributed by atoms with van der Waals surface area (Å²) in [4.78, 5) is 35.9. The van der Waals surface area contributed by atoms with Crippen LogP contribution in [0.1, 0.15) is 41.6 Å². The molecule has 1 N–H and O–H groups in total. The van der Waals surface area contributed by atoms with E-state index in [-0.39, 0.29) is 16.5 Å². The molecule has 1 aliphatic carbocycles. The van der Waals surface area contributed by atoms with Gasteiger partial charge in [0.15, 0.2) is 0 Å². The topological polar surface area (TPSA) is 97.0 Å². The molecule has 1 saturated heterocycles. The van der Waals surface area contributed by atoms with Gasteiger partial charge in [0.2, 0.25) is 0 Å². The molecule has 2 fully saturated rings. The molecule has 0 bridgehead atoms. The number of anilines is 1. The molecule has 8 nitrogen and oxygen atoms in total. The molecule has 1 saturated carbocycles. The zero-order valence-corrected chi connectivity index (χ0v) is 19.3. The van der Waals surface area contributed by atoms with E-state index in [2.05, 4.69) is 12.3 Å². The van der Waals surface area contributed by atoms with Crippen LogP contribution in [-0.2, 0) is 27.8 Å². The zero-order valence-electron chi connectivity index (χ0n) is 18.5. The van der Waals surface area contributed by atoms with Gasteiger partial charge < -0.3 is 14.7 Å². The van der Waals surface area contributed by atoms with Crippen molar-refractivity contribution in [1.29, 1.82) is 0 Å². The Hall–Kier alpha value is -3.04. The smallest absolute Gasteiger partial charge is 0.328 e. The summed E-state index contributed by atoms with van der Waals surface area (Å²) in [6.45, 7) is 4.55. The highest BCUT2D eigenvalue weighted by Gasteiger charge is 2.41. The van der Waals surface area contributed by atoms with Gasteiger partial charge in [0, 0.05) is 42.6 Å². The van der Waals surface area contributed by atoms with Crippen molar-refractivity contribution in [3.05, 3.63) is 62.0 Å². The predicted molar refractivity (Wildman–Crippen MR) is 127 cm³/mol. The summed E-state index contributed by atoms with van der Waals surface area (Å²) in [7, 11) is 0. The van der Waals surface area contributed by atoms with Gasteiger partial charge in [-0.15, -0.1) is 11.3 Å². The average Bonchev–Trinajstić information content (AvgIpc) is 3.38. The molecule has 0 aromatic carbocycles. The number of morpholine rings is 1. The van der Waals surface area contributed by atoms with Crippen LogP contribution in [0.4, 0.5) is 5.82 Å². The number of carboxylic acid groups (broad SMARTS) is 1. The molecular weight excluding hydrogens is 440 g/mol. The van der Waals surface area contributed by atoms with Gasteiger partial charge >= 0.3 is 5.97 Å². The Morgan fingerprint density at radius 2 is 2.06 bits per heavy atom. The third-order valence-electron chi connectivity index (χ3n) is 6.41. The van der Waals surface area contributed by atoms with Gasteiger partial charge in [0.25, 0.3) is 5.56 Å². The van der Waals surface area contributed by atoms with E-state index >= 15 is 0 Å². The Kier molecular flexibility index (Phi) is 5.76. The molecule has 0 radical (unpaired) electrons. The van der Waals surface area contributed by atoms with E-state index in [1.54, 1.807) is 17.5 Å². The predicted octanol–water partition coefficient (Wildman–Crippen LogP) is 2.92. The first-order chi connectivity index (χ1) is 15.9. The molecule has 2 aliphatic rings. The minimum absolute atomic E-state index is 0.272. The van der Waals surface area contributed by atoms with E-state index in [0.29, 0.717) is 37.8 Å². The summed E-state index contributed by atoms with van der Waals surface area (Å²) < 4.78 is 6.90. The van der Waals surface area contributed by atoms with Crippen molar-refractivity contribution in [1.82, 2.24) is 14.4 Å². The monoisotopic (exact) mass is 466 g/mol. The molecule has 33 heavy (non-hydrogen) atoms. The van der Waals surface area contributed by atoms with Crippen LogP contribution in [0.5, 0.6) is 0 Å². The van der Waals surface area contributed by atoms with Gasteiger partial charge in [-0.1, -0.05) is 6.92 Å². The number of carbonyl (C=O) groups is 1. The minimum Gasteiger partial charge on any atom is -0.478 e. The largest absolute Gasteiger partial charge is 0.478 e. The first-order valence-corrected chi connectivity index (χ1v) is 12.0. The van der Waals surface area contributed by atoms with Crippen LogP contribution in [0.2, 0.25) is 0 Å². The number of hydrogen-bond acceptors (Lipinski definition) is 7. The highest BCUT2D eigenvalue weighted by Crippen LogP contribution is 2.47. The Morgan fingerprint density at radius 1 is 1.27 bits per heavy atom. The van der Waals surface area contributed by atoms with E-state index in [4.69, 9.17) is 19.8 Å². The number of rotatable bonds is 7. The molecule has 0 unspecified atom stereocenters. The molecule has 5 rings (SSSR count). The van der Waals surface area contributed by atoms with Crippen molar-refractivity contribution in [2.24, 2.45) is 0 Å². The molecule has 4 heterocycles. The number of nitrogens with zero attached hydrogens (tertiary/aromatic N) is 4. The third-order valence-corrected chi connectivity index (χ3v) is 7.32. The second-order valence-electron chi connectivity index (χ2n) is 8.88. The van der Waals surface area contributed by atoms with Crippen molar-refractivity contribution in [3.63, 3.8) is 0 Å². The molecule has 3 aromatic rings. The van der Waals surface area contributed by atoms with Gasteiger partial charge in [0.1, 0.15) is 11.5 Å². The van der Waals surface area contributed by atoms with Gasteiger partial charge in [-0.3, -0.25) is 9.20 Å². The van der Waals surface area contributed by atoms with E-state index in [1.807, 2.05) is 17.0 Å². The second kappa shape index (κ2) is 8.72. The highest BCUT2D eigenvalue weighted by molar-refractivity contribution is 7.09. The lowest BCUT2D eigenvalue weighted by Crippen LogP contribution is -2.38. The molecule has 0 amide bonds. The van der Waals surface area contributed by atoms with Crippen molar-refractivity contribution in [3.8, 4) is 0 Å². The lowest BCUT2D eigenvalue weighted by atomic mass is 10.1. The van der Waals surface area contributed by atoms with E-state index < -0.39 is 5.97 Å².